The molecular formula is C12H19N3O2. The Morgan fingerprint density at radius 1 is 1.41 bits per heavy atom. The lowest BCUT2D eigenvalue weighted by Gasteiger charge is -2.26. The Morgan fingerprint density at radius 2 is 2.00 bits per heavy atom. The number of likely N-dealkylation sites (N-methyl/N-ethyl adjacent to an activating group) is 2. The zero-order chi connectivity index (χ0) is 12.9. The van der Waals surface area contributed by atoms with E-state index < -0.39 is 5.41 Å². The molecule has 0 aromatic carbocycles. The van der Waals surface area contributed by atoms with Crippen molar-refractivity contribution in [1.29, 1.82) is 5.26 Å². The molecule has 1 rings (SSSR count). The molecule has 0 radical (unpaired) electrons. The van der Waals surface area contributed by atoms with Gasteiger partial charge in [-0.25, -0.2) is 0 Å². The lowest BCUT2D eigenvalue weighted by Crippen LogP contribution is -2.44. The van der Waals surface area contributed by atoms with Crippen LogP contribution in [-0.2, 0) is 9.59 Å². The first kappa shape index (κ1) is 13.5. The predicted molar refractivity (Wildman–Crippen MR) is 62.8 cm³/mol. The van der Waals surface area contributed by atoms with E-state index in [0.717, 1.165) is 12.8 Å². The SMILES string of the molecule is CCNC(=O)CN(C)C(=O)C1(C#N)CCCC1. The first-order valence-corrected chi connectivity index (χ1v) is 5.99. The number of hydrogen-bond acceptors (Lipinski definition) is 3. The van der Waals surface area contributed by atoms with Crippen LogP contribution >= 0.6 is 0 Å². The van der Waals surface area contributed by atoms with E-state index in [1.807, 2.05) is 6.92 Å². The second-order valence-electron chi connectivity index (χ2n) is 4.52. The minimum atomic E-state index is -0.888. The van der Waals surface area contributed by atoms with Gasteiger partial charge in [-0.3, -0.25) is 9.59 Å². The van der Waals surface area contributed by atoms with Gasteiger partial charge in [0.15, 0.2) is 0 Å². The second kappa shape index (κ2) is 5.67. The van der Waals surface area contributed by atoms with Crippen LogP contribution in [0.15, 0.2) is 0 Å². The third kappa shape index (κ3) is 2.96. The fraction of sp³-hybridized carbons (Fsp3) is 0.750. The number of rotatable bonds is 4. The van der Waals surface area contributed by atoms with Gasteiger partial charge in [0.05, 0.1) is 12.6 Å². The molecule has 1 N–H and O–H groups in total. The lowest BCUT2D eigenvalue weighted by molar-refractivity contribution is -0.140. The van der Waals surface area contributed by atoms with Crippen LogP contribution in [0, 0.1) is 16.7 Å². The molecule has 1 aliphatic rings. The maximum absolute atomic E-state index is 12.2. The average molecular weight is 237 g/mol. The summed E-state index contributed by atoms with van der Waals surface area (Å²) in [5, 5.41) is 11.8. The van der Waals surface area contributed by atoms with Crippen molar-refractivity contribution in [3.8, 4) is 6.07 Å². The van der Waals surface area contributed by atoms with Crippen LogP contribution < -0.4 is 5.32 Å². The third-order valence-electron chi connectivity index (χ3n) is 3.18. The molecular weight excluding hydrogens is 218 g/mol. The van der Waals surface area contributed by atoms with Crippen molar-refractivity contribution in [3.63, 3.8) is 0 Å². The summed E-state index contributed by atoms with van der Waals surface area (Å²) in [7, 11) is 1.58. The van der Waals surface area contributed by atoms with Crippen molar-refractivity contribution in [2.75, 3.05) is 20.1 Å². The van der Waals surface area contributed by atoms with Crippen molar-refractivity contribution in [2.24, 2.45) is 5.41 Å². The largest absolute Gasteiger partial charge is 0.355 e. The Morgan fingerprint density at radius 3 is 2.47 bits per heavy atom. The fourth-order valence-corrected chi connectivity index (χ4v) is 2.26. The highest BCUT2D eigenvalue weighted by Gasteiger charge is 2.43. The lowest BCUT2D eigenvalue weighted by atomic mass is 9.86. The number of nitriles is 1. The maximum atomic E-state index is 12.2. The fourth-order valence-electron chi connectivity index (χ4n) is 2.26. The Balaban J connectivity index is 2.63. The first-order chi connectivity index (χ1) is 8.05. The van der Waals surface area contributed by atoms with Crippen LogP contribution in [-0.4, -0.2) is 36.9 Å². The molecule has 94 valence electrons. The maximum Gasteiger partial charge on any atom is 0.243 e. The predicted octanol–water partition coefficient (Wildman–Crippen LogP) is 0.665. The smallest absolute Gasteiger partial charge is 0.243 e. The van der Waals surface area contributed by atoms with Crippen LogP contribution in [0.4, 0.5) is 0 Å². The van der Waals surface area contributed by atoms with Gasteiger partial charge in [-0.05, 0) is 19.8 Å². The number of nitrogens with zero attached hydrogens (tertiary/aromatic N) is 2. The van der Waals surface area contributed by atoms with Gasteiger partial charge in [-0.1, -0.05) is 12.8 Å². The minimum Gasteiger partial charge on any atom is -0.355 e. The molecule has 5 nitrogen and oxygen atoms in total. The summed E-state index contributed by atoms with van der Waals surface area (Å²) in [6.07, 6.45) is 3.05. The number of amides is 2. The molecule has 0 spiro atoms. The van der Waals surface area contributed by atoms with Gasteiger partial charge in [-0.15, -0.1) is 0 Å². The van der Waals surface area contributed by atoms with E-state index in [1.165, 1.54) is 4.90 Å². The van der Waals surface area contributed by atoms with Crippen molar-refractivity contribution in [2.45, 2.75) is 32.6 Å². The molecule has 0 aliphatic heterocycles. The van der Waals surface area contributed by atoms with Gasteiger partial charge in [0.25, 0.3) is 0 Å². The van der Waals surface area contributed by atoms with E-state index in [-0.39, 0.29) is 18.4 Å². The molecule has 17 heavy (non-hydrogen) atoms. The molecule has 0 aromatic heterocycles. The van der Waals surface area contributed by atoms with Gasteiger partial charge >= 0.3 is 0 Å². The highest BCUT2D eigenvalue weighted by atomic mass is 16.2. The van der Waals surface area contributed by atoms with Crippen molar-refractivity contribution < 1.29 is 9.59 Å². The Labute approximate surface area is 102 Å². The number of carbonyl (C=O) groups is 2. The summed E-state index contributed by atoms with van der Waals surface area (Å²) in [5.74, 6) is -0.404. The standard InChI is InChI=1S/C12H19N3O2/c1-3-14-10(16)8-15(2)11(17)12(9-13)6-4-5-7-12/h3-8H2,1-2H3,(H,14,16). The van der Waals surface area contributed by atoms with Crippen molar-refractivity contribution in [1.82, 2.24) is 10.2 Å². The molecule has 0 bridgehead atoms. The Bertz CT molecular complexity index is 340. The Kier molecular flexibility index (Phi) is 4.50. The molecule has 1 saturated carbocycles. The first-order valence-electron chi connectivity index (χ1n) is 5.99. The van der Waals surface area contributed by atoms with Gasteiger partial charge in [0, 0.05) is 13.6 Å². The monoisotopic (exact) mass is 237 g/mol. The molecule has 0 atom stereocenters. The quantitative estimate of drug-likeness (QED) is 0.780. The summed E-state index contributed by atoms with van der Waals surface area (Å²) in [4.78, 5) is 24.9. The molecule has 1 fully saturated rings. The summed E-state index contributed by atoms with van der Waals surface area (Å²) in [5.41, 5.74) is -0.888. The van der Waals surface area contributed by atoms with Crippen LogP contribution in [0.2, 0.25) is 0 Å². The highest BCUT2D eigenvalue weighted by Crippen LogP contribution is 2.38. The molecule has 0 aromatic rings. The van der Waals surface area contributed by atoms with E-state index >= 15 is 0 Å². The zero-order valence-electron chi connectivity index (χ0n) is 10.5. The van der Waals surface area contributed by atoms with E-state index in [1.54, 1.807) is 7.05 Å². The molecule has 1 aliphatic carbocycles. The van der Waals surface area contributed by atoms with E-state index in [2.05, 4.69) is 11.4 Å². The van der Waals surface area contributed by atoms with Crippen molar-refractivity contribution >= 4 is 11.8 Å². The Hall–Kier alpha value is -1.57. The van der Waals surface area contributed by atoms with Crippen LogP contribution in [0.5, 0.6) is 0 Å². The van der Waals surface area contributed by atoms with Crippen LogP contribution in [0.1, 0.15) is 32.6 Å². The summed E-state index contributed by atoms with van der Waals surface area (Å²) >= 11 is 0. The van der Waals surface area contributed by atoms with Gasteiger partial charge < -0.3 is 10.2 Å². The highest BCUT2D eigenvalue weighted by molar-refractivity contribution is 5.89. The van der Waals surface area contributed by atoms with E-state index in [9.17, 15) is 14.9 Å². The van der Waals surface area contributed by atoms with Gasteiger partial charge in [0.2, 0.25) is 11.8 Å². The molecule has 0 heterocycles. The minimum absolute atomic E-state index is 0.0239. The number of nitrogens with one attached hydrogen (secondary N) is 1. The summed E-state index contributed by atoms with van der Waals surface area (Å²) < 4.78 is 0. The molecule has 0 unspecified atom stereocenters. The van der Waals surface area contributed by atoms with E-state index in [4.69, 9.17) is 0 Å². The zero-order valence-corrected chi connectivity index (χ0v) is 10.5. The van der Waals surface area contributed by atoms with Gasteiger partial charge in [-0.2, -0.15) is 5.26 Å². The molecule has 2 amide bonds. The van der Waals surface area contributed by atoms with Crippen LogP contribution in [0.25, 0.3) is 0 Å². The summed E-state index contributed by atoms with van der Waals surface area (Å²) in [6, 6.07) is 2.14. The number of carbonyl (C=O) groups excluding carboxylic acids is 2. The average Bonchev–Trinajstić information content (AvgIpc) is 2.78. The topological polar surface area (TPSA) is 73.2 Å². The summed E-state index contributed by atoms with van der Waals surface area (Å²) in [6.45, 7) is 2.40. The van der Waals surface area contributed by atoms with E-state index in [0.29, 0.717) is 19.4 Å². The van der Waals surface area contributed by atoms with Crippen molar-refractivity contribution in [3.05, 3.63) is 0 Å². The molecule has 5 heteroatoms. The molecule has 0 saturated heterocycles. The number of hydrogen-bond donors (Lipinski definition) is 1. The normalized spacial score (nSPS) is 17.2. The second-order valence-corrected chi connectivity index (χ2v) is 4.52. The third-order valence-corrected chi connectivity index (χ3v) is 3.18. The van der Waals surface area contributed by atoms with Crippen LogP contribution in [0.3, 0.4) is 0 Å². The van der Waals surface area contributed by atoms with Gasteiger partial charge in [0.1, 0.15) is 5.41 Å².